The fraction of sp³-hybridized carbons (Fsp3) is 0.222. The van der Waals surface area contributed by atoms with Crippen molar-refractivity contribution in [2.24, 2.45) is 4.99 Å². The van der Waals surface area contributed by atoms with Gasteiger partial charge in [-0.3, -0.25) is 9.98 Å². The number of hydrogen-bond donors (Lipinski definition) is 1. The van der Waals surface area contributed by atoms with Gasteiger partial charge in [0.2, 0.25) is 0 Å². The molecule has 0 unspecified atom stereocenters. The van der Waals surface area contributed by atoms with Crippen LogP contribution in [0.2, 0.25) is 5.02 Å². The summed E-state index contributed by atoms with van der Waals surface area (Å²) in [6.45, 7) is 9.99. The lowest BCUT2D eigenvalue weighted by Gasteiger charge is -2.02. The fourth-order valence-electron chi connectivity index (χ4n) is 2.58. The van der Waals surface area contributed by atoms with Gasteiger partial charge >= 0.3 is 0 Å². The summed E-state index contributed by atoms with van der Waals surface area (Å²) in [6.07, 6.45) is 5.90. The Morgan fingerprint density at radius 2 is 2.04 bits per heavy atom. The van der Waals surface area contributed by atoms with Crippen LogP contribution in [-0.2, 0) is 6.42 Å². The SMILES string of the molecule is C=c1[nH]c(CC)c(Cl)/c1=C(\C)N=C(C)Sc1cnc2nccnc2c1. The molecule has 0 saturated carbocycles. The monoisotopic (exact) mass is 371 g/mol. The number of nitrogens with one attached hydrogen (secondary N) is 1. The summed E-state index contributed by atoms with van der Waals surface area (Å²) in [5.74, 6) is 0. The zero-order valence-corrected chi connectivity index (χ0v) is 15.9. The number of nitrogens with zero attached hydrogens (tertiary/aromatic N) is 4. The first-order valence-electron chi connectivity index (χ1n) is 7.85. The zero-order valence-electron chi connectivity index (χ0n) is 14.3. The summed E-state index contributed by atoms with van der Waals surface area (Å²) in [4.78, 5) is 21.6. The van der Waals surface area contributed by atoms with E-state index in [-0.39, 0.29) is 0 Å². The average molecular weight is 372 g/mol. The van der Waals surface area contributed by atoms with Gasteiger partial charge in [-0.05, 0) is 26.3 Å². The molecular formula is C18H18ClN5S. The van der Waals surface area contributed by atoms with E-state index >= 15 is 0 Å². The number of halogens is 1. The van der Waals surface area contributed by atoms with Crippen LogP contribution in [0.1, 0.15) is 26.5 Å². The number of aryl methyl sites for hydroxylation is 1. The molecule has 0 spiro atoms. The molecule has 3 rings (SSSR count). The molecule has 0 aliphatic heterocycles. The predicted octanol–water partition coefficient (Wildman–Crippen LogP) is 3.32. The minimum absolute atomic E-state index is 0.636. The molecular weight excluding hydrogens is 354 g/mol. The number of rotatable bonds is 3. The highest BCUT2D eigenvalue weighted by atomic mass is 35.5. The van der Waals surface area contributed by atoms with Crippen molar-refractivity contribution in [1.82, 2.24) is 19.9 Å². The van der Waals surface area contributed by atoms with Crippen LogP contribution in [0.4, 0.5) is 0 Å². The van der Waals surface area contributed by atoms with E-state index in [1.165, 1.54) is 11.8 Å². The topological polar surface area (TPSA) is 66.8 Å². The molecule has 0 aromatic carbocycles. The Hall–Kier alpha value is -2.18. The summed E-state index contributed by atoms with van der Waals surface area (Å²) >= 11 is 7.97. The van der Waals surface area contributed by atoms with Crippen molar-refractivity contribution in [3.63, 3.8) is 0 Å². The highest BCUT2D eigenvalue weighted by Gasteiger charge is 2.07. The first-order valence-corrected chi connectivity index (χ1v) is 9.05. The van der Waals surface area contributed by atoms with Gasteiger partial charge in [0.15, 0.2) is 5.65 Å². The third kappa shape index (κ3) is 3.75. The molecule has 3 heterocycles. The molecule has 0 aliphatic rings. The minimum atomic E-state index is 0.636. The Morgan fingerprint density at radius 1 is 1.28 bits per heavy atom. The third-order valence-electron chi connectivity index (χ3n) is 3.69. The second-order valence-corrected chi connectivity index (χ2v) is 7.16. The lowest BCUT2D eigenvalue weighted by atomic mass is 10.3. The Labute approximate surface area is 155 Å². The van der Waals surface area contributed by atoms with Crippen LogP contribution in [0.5, 0.6) is 0 Å². The second kappa shape index (κ2) is 7.37. The van der Waals surface area contributed by atoms with Gasteiger partial charge in [0.1, 0.15) is 5.52 Å². The van der Waals surface area contributed by atoms with Crippen LogP contribution in [0, 0.1) is 0 Å². The summed E-state index contributed by atoms with van der Waals surface area (Å²) in [5, 5.41) is 3.26. The molecule has 0 aliphatic carbocycles. The summed E-state index contributed by atoms with van der Waals surface area (Å²) in [6, 6.07) is 1.96. The van der Waals surface area contributed by atoms with E-state index in [2.05, 4.69) is 38.4 Å². The number of pyridine rings is 1. The maximum Gasteiger partial charge on any atom is 0.178 e. The number of H-pyrrole nitrogens is 1. The van der Waals surface area contributed by atoms with Crippen LogP contribution in [0.3, 0.4) is 0 Å². The van der Waals surface area contributed by atoms with E-state index in [0.717, 1.165) is 43.8 Å². The van der Waals surface area contributed by atoms with Crippen LogP contribution in [-0.4, -0.2) is 25.0 Å². The van der Waals surface area contributed by atoms with E-state index in [1.807, 2.05) is 19.9 Å². The number of hydrogen-bond acceptors (Lipinski definition) is 5. The van der Waals surface area contributed by atoms with Crippen molar-refractivity contribution in [2.75, 3.05) is 0 Å². The maximum atomic E-state index is 6.44. The molecule has 0 atom stereocenters. The molecule has 3 aromatic rings. The molecule has 3 aromatic heterocycles. The molecule has 0 saturated heterocycles. The van der Waals surface area contributed by atoms with E-state index in [9.17, 15) is 0 Å². The van der Waals surface area contributed by atoms with Gasteiger partial charge in [0.25, 0.3) is 0 Å². The quantitative estimate of drug-likeness (QED) is 0.435. The smallest absolute Gasteiger partial charge is 0.178 e. The van der Waals surface area contributed by atoms with Gasteiger partial charge in [-0.15, -0.1) is 0 Å². The molecule has 0 amide bonds. The maximum absolute atomic E-state index is 6.44. The van der Waals surface area contributed by atoms with Crippen molar-refractivity contribution in [3.05, 3.63) is 45.9 Å². The molecule has 0 fully saturated rings. The van der Waals surface area contributed by atoms with Gasteiger partial charge < -0.3 is 4.98 Å². The van der Waals surface area contributed by atoms with E-state index < -0.39 is 0 Å². The summed E-state index contributed by atoms with van der Waals surface area (Å²) < 4.78 is 0. The normalized spacial score (nSPS) is 13.4. The average Bonchev–Trinajstić information content (AvgIpc) is 2.88. The number of aromatic nitrogens is 4. The summed E-state index contributed by atoms with van der Waals surface area (Å²) in [7, 11) is 0. The van der Waals surface area contributed by atoms with Crippen molar-refractivity contribution >= 4 is 51.8 Å². The molecule has 0 radical (unpaired) electrons. The predicted molar refractivity (Wildman–Crippen MR) is 105 cm³/mol. The van der Waals surface area contributed by atoms with Gasteiger partial charge in [-0.25, -0.2) is 9.97 Å². The minimum Gasteiger partial charge on any atom is -0.358 e. The standard InChI is InChI=1S/C18H18ClN5S/c1-5-14-17(19)16(11(3)24-14)10(2)23-12(4)25-13-8-15-18(22-9-13)21-7-6-20-15/h6-9,24H,3,5H2,1-2,4H3/b16-10+,23-12?. The Kier molecular flexibility index (Phi) is 5.20. The first kappa shape index (κ1) is 17.6. The summed E-state index contributed by atoms with van der Waals surface area (Å²) in [5.41, 5.74) is 3.22. The third-order valence-corrected chi connectivity index (χ3v) is 4.96. The van der Waals surface area contributed by atoms with Crippen molar-refractivity contribution in [2.45, 2.75) is 32.1 Å². The fourth-order valence-corrected chi connectivity index (χ4v) is 3.82. The van der Waals surface area contributed by atoms with E-state index in [0.29, 0.717) is 10.7 Å². The van der Waals surface area contributed by atoms with Crippen LogP contribution in [0.15, 0.2) is 34.5 Å². The molecule has 5 nitrogen and oxygen atoms in total. The molecule has 7 heteroatoms. The van der Waals surface area contributed by atoms with Crippen molar-refractivity contribution in [1.29, 1.82) is 0 Å². The number of fused-ring (bicyclic) bond motifs is 1. The van der Waals surface area contributed by atoms with Crippen LogP contribution < -0.4 is 10.6 Å². The number of aliphatic imine (C=N–C) groups is 1. The van der Waals surface area contributed by atoms with Crippen molar-refractivity contribution in [3.8, 4) is 0 Å². The van der Waals surface area contributed by atoms with Gasteiger partial charge in [-0.2, -0.15) is 0 Å². The molecule has 1 N–H and O–H groups in total. The lowest BCUT2D eigenvalue weighted by molar-refractivity contribution is 1.05. The largest absolute Gasteiger partial charge is 0.358 e. The highest BCUT2D eigenvalue weighted by molar-refractivity contribution is 8.13. The number of thioether (sulfide) groups is 1. The van der Waals surface area contributed by atoms with Crippen molar-refractivity contribution < 1.29 is 0 Å². The lowest BCUT2D eigenvalue weighted by Crippen LogP contribution is -2.23. The zero-order chi connectivity index (χ0) is 18.0. The molecule has 25 heavy (non-hydrogen) atoms. The number of aromatic amines is 1. The highest BCUT2D eigenvalue weighted by Crippen LogP contribution is 2.22. The molecule has 0 bridgehead atoms. The van der Waals surface area contributed by atoms with E-state index in [1.54, 1.807) is 18.6 Å². The van der Waals surface area contributed by atoms with Gasteiger partial charge in [-0.1, -0.05) is 36.9 Å². The molecule has 128 valence electrons. The van der Waals surface area contributed by atoms with Gasteiger partial charge in [0.05, 0.1) is 10.1 Å². The second-order valence-electron chi connectivity index (χ2n) is 5.51. The Bertz CT molecular complexity index is 1070. The first-order chi connectivity index (χ1) is 12.0. The van der Waals surface area contributed by atoms with Gasteiger partial charge in [0, 0.05) is 45.4 Å². The van der Waals surface area contributed by atoms with Crippen LogP contribution in [0.25, 0.3) is 23.4 Å². The Morgan fingerprint density at radius 3 is 2.76 bits per heavy atom. The van der Waals surface area contributed by atoms with E-state index in [4.69, 9.17) is 11.6 Å². The van der Waals surface area contributed by atoms with Crippen LogP contribution >= 0.6 is 23.4 Å². The Balaban J connectivity index is 1.94.